The Morgan fingerprint density at radius 1 is 1.33 bits per heavy atom. The summed E-state index contributed by atoms with van der Waals surface area (Å²) in [6.45, 7) is 5.94. The quantitative estimate of drug-likeness (QED) is 0.711. The Kier molecular flexibility index (Phi) is 6.64. The molecule has 1 heterocycles. The summed E-state index contributed by atoms with van der Waals surface area (Å²) in [5.74, 6) is 1.16. The molecule has 5 nitrogen and oxygen atoms in total. The molecule has 0 saturated heterocycles. The van der Waals surface area contributed by atoms with Gasteiger partial charge in [0.1, 0.15) is 12.2 Å². The topological polar surface area (TPSA) is 52.0 Å². The summed E-state index contributed by atoms with van der Waals surface area (Å²) in [6, 6.07) is 0. The lowest BCUT2D eigenvalue weighted by Gasteiger charge is -2.37. The molecular formula is C16H30N4O. The van der Waals surface area contributed by atoms with E-state index < -0.39 is 0 Å². The number of aromatic nitrogens is 3. The Bertz CT molecular complexity index is 399. The third-order valence-electron chi connectivity index (χ3n) is 4.56. The molecule has 0 spiro atoms. The highest BCUT2D eigenvalue weighted by Crippen LogP contribution is 2.38. The van der Waals surface area contributed by atoms with Crippen molar-refractivity contribution in [3.63, 3.8) is 0 Å². The second-order valence-electron chi connectivity index (χ2n) is 6.31. The van der Waals surface area contributed by atoms with Crippen LogP contribution in [-0.2, 0) is 17.7 Å². The van der Waals surface area contributed by atoms with Crippen LogP contribution in [0.1, 0.15) is 51.3 Å². The normalized spacial score (nSPS) is 18.0. The number of ether oxygens (including phenoxy) is 1. The smallest absolute Gasteiger partial charge is 0.138 e. The van der Waals surface area contributed by atoms with Crippen molar-refractivity contribution in [2.75, 3.05) is 26.8 Å². The number of hydrogen-bond acceptors (Lipinski definition) is 4. The fourth-order valence-electron chi connectivity index (χ4n) is 3.40. The van der Waals surface area contributed by atoms with Crippen LogP contribution >= 0.6 is 0 Å². The molecule has 0 amide bonds. The van der Waals surface area contributed by atoms with Crippen LogP contribution in [0.4, 0.5) is 0 Å². The van der Waals surface area contributed by atoms with Crippen LogP contribution in [0.5, 0.6) is 0 Å². The van der Waals surface area contributed by atoms with Gasteiger partial charge in [-0.15, -0.1) is 0 Å². The highest BCUT2D eigenvalue weighted by Gasteiger charge is 2.33. The third kappa shape index (κ3) is 4.78. The standard InChI is InChI=1S/C16H30N4O/c1-3-10-20-15(18-14-19-20)12-16(7-5-4-6-8-16)13-17-9-11-21-2/h14,17H,3-13H2,1-2H3. The first-order valence-electron chi connectivity index (χ1n) is 8.36. The monoisotopic (exact) mass is 294 g/mol. The largest absolute Gasteiger partial charge is 0.383 e. The first-order valence-corrected chi connectivity index (χ1v) is 8.36. The van der Waals surface area contributed by atoms with E-state index in [2.05, 4.69) is 27.0 Å². The Balaban J connectivity index is 1.99. The third-order valence-corrected chi connectivity index (χ3v) is 4.56. The summed E-state index contributed by atoms with van der Waals surface area (Å²) >= 11 is 0. The molecule has 0 aliphatic heterocycles. The Hall–Kier alpha value is -0.940. The van der Waals surface area contributed by atoms with Crippen molar-refractivity contribution in [3.05, 3.63) is 12.2 Å². The molecule has 0 atom stereocenters. The molecule has 1 aliphatic carbocycles. The molecule has 1 aromatic heterocycles. The van der Waals surface area contributed by atoms with Gasteiger partial charge in [0.2, 0.25) is 0 Å². The Morgan fingerprint density at radius 3 is 2.86 bits per heavy atom. The van der Waals surface area contributed by atoms with Crippen LogP contribution in [0, 0.1) is 5.41 Å². The molecule has 1 aliphatic rings. The van der Waals surface area contributed by atoms with Gasteiger partial charge in [-0.05, 0) is 24.7 Å². The van der Waals surface area contributed by atoms with Gasteiger partial charge in [0.15, 0.2) is 0 Å². The van der Waals surface area contributed by atoms with Gasteiger partial charge in [-0.25, -0.2) is 4.98 Å². The van der Waals surface area contributed by atoms with Gasteiger partial charge in [0.25, 0.3) is 0 Å². The van der Waals surface area contributed by atoms with Gasteiger partial charge in [-0.1, -0.05) is 26.2 Å². The predicted octanol–water partition coefficient (Wildman–Crippen LogP) is 2.42. The molecule has 0 bridgehead atoms. The van der Waals surface area contributed by atoms with Crippen LogP contribution in [0.2, 0.25) is 0 Å². The molecule has 120 valence electrons. The van der Waals surface area contributed by atoms with E-state index in [1.54, 1.807) is 13.4 Å². The van der Waals surface area contributed by atoms with Crippen LogP contribution in [0.15, 0.2) is 6.33 Å². The summed E-state index contributed by atoms with van der Waals surface area (Å²) in [7, 11) is 1.76. The summed E-state index contributed by atoms with van der Waals surface area (Å²) in [6.07, 6.45) is 10.5. The molecular weight excluding hydrogens is 264 g/mol. The number of hydrogen-bond donors (Lipinski definition) is 1. The van der Waals surface area contributed by atoms with E-state index in [-0.39, 0.29) is 0 Å². The van der Waals surface area contributed by atoms with Crippen LogP contribution in [0.3, 0.4) is 0 Å². The molecule has 2 rings (SSSR count). The SMILES string of the molecule is CCCn1ncnc1CC1(CNCCOC)CCCCC1. The minimum absolute atomic E-state index is 0.352. The first kappa shape index (κ1) is 16.4. The minimum atomic E-state index is 0.352. The molecule has 1 N–H and O–H groups in total. The average Bonchev–Trinajstić information content (AvgIpc) is 2.92. The zero-order chi connectivity index (χ0) is 15.0. The van der Waals surface area contributed by atoms with E-state index in [0.29, 0.717) is 5.41 Å². The molecule has 0 radical (unpaired) electrons. The number of rotatable bonds is 9. The predicted molar refractivity (Wildman–Crippen MR) is 84.3 cm³/mol. The molecule has 1 aromatic rings. The molecule has 1 saturated carbocycles. The zero-order valence-corrected chi connectivity index (χ0v) is 13.6. The molecule has 21 heavy (non-hydrogen) atoms. The second-order valence-corrected chi connectivity index (χ2v) is 6.31. The van der Waals surface area contributed by atoms with Crippen molar-refractivity contribution in [1.29, 1.82) is 0 Å². The molecule has 0 unspecified atom stereocenters. The van der Waals surface area contributed by atoms with Gasteiger partial charge in [-0.3, -0.25) is 4.68 Å². The fraction of sp³-hybridized carbons (Fsp3) is 0.875. The fourth-order valence-corrected chi connectivity index (χ4v) is 3.40. The van der Waals surface area contributed by atoms with E-state index in [0.717, 1.165) is 44.9 Å². The number of methoxy groups -OCH3 is 1. The number of nitrogens with one attached hydrogen (secondary N) is 1. The van der Waals surface area contributed by atoms with Crippen LogP contribution in [-0.4, -0.2) is 41.6 Å². The zero-order valence-electron chi connectivity index (χ0n) is 13.6. The van der Waals surface area contributed by atoms with E-state index in [1.807, 2.05) is 0 Å². The lowest BCUT2D eigenvalue weighted by Crippen LogP contribution is -2.39. The second kappa shape index (κ2) is 8.49. The van der Waals surface area contributed by atoms with Crippen LogP contribution < -0.4 is 5.32 Å². The van der Waals surface area contributed by atoms with Gasteiger partial charge in [0, 0.05) is 33.2 Å². The van der Waals surface area contributed by atoms with E-state index in [9.17, 15) is 0 Å². The van der Waals surface area contributed by atoms with Gasteiger partial charge >= 0.3 is 0 Å². The van der Waals surface area contributed by atoms with E-state index >= 15 is 0 Å². The summed E-state index contributed by atoms with van der Waals surface area (Å²) in [4.78, 5) is 4.52. The maximum Gasteiger partial charge on any atom is 0.138 e. The van der Waals surface area contributed by atoms with Crippen molar-refractivity contribution in [1.82, 2.24) is 20.1 Å². The summed E-state index contributed by atoms with van der Waals surface area (Å²) < 4.78 is 7.22. The van der Waals surface area contributed by atoms with Gasteiger partial charge in [-0.2, -0.15) is 5.10 Å². The Labute approximate surface area is 128 Å². The highest BCUT2D eigenvalue weighted by molar-refractivity contribution is 4.96. The number of aryl methyl sites for hydroxylation is 1. The van der Waals surface area contributed by atoms with Crippen molar-refractivity contribution >= 4 is 0 Å². The van der Waals surface area contributed by atoms with Gasteiger partial charge in [0.05, 0.1) is 6.61 Å². The summed E-state index contributed by atoms with van der Waals surface area (Å²) in [5, 5.41) is 7.96. The highest BCUT2D eigenvalue weighted by atomic mass is 16.5. The van der Waals surface area contributed by atoms with Gasteiger partial charge < -0.3 is 10.1 Å². The van der Waals surface area contributed by atoms with Crippen molar-refractivity contribution in [2.24, 2.45) is 5.41 Å². The number of nitrogens with zero attached hydrogens (tertiary/aromatic N) is 3. The first-order chi connectivity index (χ1) is 10.3. The maximum absolute atomic E-state index is 5.13. The molecule has 1 fully saturated rings. The Morgan fingerprint density at radius 2 is 2.14 bits per heavy atom. The minimum Gasteiger partial charge on any atom is -0.383 e. The van der Waals surface area contributed by atoms with Crippen molar-refractivity contribution in [3.8, 4) is 0 Å². The van der Waals surface area contributed by atoms with E-state index in [4.69, 9.17) is 4.74 Å². The molecule has 5 heteroatoms. The lowest BCUT2D eigenvalue weighted by atomic mass is 9.71. The average molecular weight is 294 g/mol. The van der Waals surface area contributed by atoms with Crippen molar-refractivity contribution in [2.45, 2.75) is 58.4 Å². The van der Waals surface area contributed by atoms with E-state index in [1.165, 1.54) is 32.1 Å². The molecule has 0 aromatic carbocycles. The summed E-state index contributed by atoms with van der Waals surface area (Å²) in [5.41, 5.74) is 0.352. The van der Waals surface area contributed by atoms with Crippen LogP contribution in [0.25, 0.3) is 0 Å². The maximum atomic E-state index is 5.13. The lowest BCUT2D eigenvalue weighted by molar-refractivity contribution is 0.159. The van der Waals surface area contributed by atoms with Crippen molar-refractivity contribution < 1.29 is 4.74 Å².